The van der Waals surface area contributed by atoms with Gasteiger partial charge in [0.1, 0.15) is 0 Å². The first-order chi connectivity index (χ1) is 15.4. The number of rotatable bonds is 5. The molecule has 4 rings (SSSR count). The van der Waals surface area contributed by atoms with Crippen molar-refractivity contribution in [2.45, 2.75) is 40.7 Å². The van der Waals surface area contributed by atoms with Crippen molar-refractivity contribution in [3.05, 3.63) is 106 Å². The molecular formula is C29H30N2O. The molecule has 2 aromatic carbocycles. The lowest BCUT2D eigenvalue weighted by molar-refractivity contribution is 0.0951. The molecular weight excluding hydrogens is 392 g/mol. The number of amides is 1. The van der Waals surface area contributed by atoms with Gasteiger partial charge in [0.2, 0.25) is 0 Å². The topological polar surface area (TPSA) is 42.0 Å². The van der Waals surface area contributed by atoms with Crippen LogP contribution in [-0.2, 0) is 6.54 Å². The molecule has 1 aliphatic carbocycles. The summed E-state index contributed by atoms with van der Waals surface area (Å²) in [5.74, 6) is 0.347. The molecule has 1 N–H and O–H groups in total. The second-order valence-corrected chi connectivity index (χ2v) is 8.90. The number of allylic oxidation sites excluding steroid dienone is 4. The van der Waals surface area contributed by atoms with E-state index in [0.29, 0.717) is 18.0 Å². The molecule has 1 aliphatic rings. The van der Waals surface area contributed by atoms with Crippen molar-refractivity contribution in [2.75, 3.05) is 0 Å². The van der Waals surface area contributed by atoms with Gasteiger partial charge in [-0.3, -0.25) is 9.78 Å². The minimum atomic E-state index is -0.0726. The first-order valence-electron chi connectivity index (χ1n) is 11.2. The lowest BCUT2D eigenvalue weighted by Gasteiger charge is -2.22. The second kappa shape index (κ2) is 9.35. The van der Waals surface area contributed by atoms with Gasteiger partial charge in [0.25, 0.3) is 5.91 Å². The van der Waals surface area contributed by atoms with E-state index in [4.69, 9.17) is 0 Å². The summed E-state index contributed by atoms with van der Waals surface area (Å²) in [4.78, 5) is 17.4. The monoisotopic (exact) mass is 422 g/mol. The molecule has 1 unspecified atom stereocenters. The van der Waals surface area contributed by atoms with Crippen molar-refractivity contribution in [3.8, 4) is 11.1 Å². The Morgan fingerprint density at radius 2 is 1.69 bits per heavy atom. The molecule has 1 atom stereocenters. The first-order valence-corrected chi connectivity index (χ1v) is 11.2. The van der Waals surface area contributed by atoms with Crippen LogP contribution in [0.2, 0.25) is 0 Å². The van der Waals surface area contributed by atoms with Crippen LogP contribution < -0.4 is 5.32 Å². The molecule has 0 fully saturated rings. The molecule has 1 heterocycles. The van der Waals surface area contributed by atoms with Crippen LogP contribution in [0.15, 0.2) is 78.5 Å². The summed E-state index contributed by atoms with van der Waals surface area (Å²) < 4.78 is 0. The molecule has 1 amide bonds. The zero-order chi connectivity index (χ0) is 22.7. The van der Waals surface area contributed by atoms with E-state index in [1.807, 2.05) is 37.4 Å². The van der Waals surface area contributed by atoms with Gasteiger partial charge in [0, 0.05) is 24.0 Å². The van der Waals surface area contributed by atoms with Crippen molar-refractivity contribution in [1.29, 1.82) is 0 Å². The number of nitrogens with zero attached hydrogens (tertiary/aromatic N) is 1. The smallest absolute Gasteiger partial charge is 0.251 e. The molecule has 3 heteroatoms. The average molecular weight is 423 g/mol. The Labute approximate surface area is 190 Å². The van der Waals surface area contributed by atoms with E-state index in [1.54, 1.807) is 0 Å². The summed E-state index contributed by atoms with van der Waals surface area (Å²) in [5, 5.41) is 3.06. The molecule has 0 saturated carbocycles. The predicted octanol–water partition coefficient (Wildman–Crippen LogP) is 6.66. The average Bonchev–Trinajstić information content (AvgIpc) is 2.78. The number of benzene rings is 2. The number of hydrogen-bond acceptors (Lipinski definition) is 2. The summed E-state index contributed by atoms with van der Waals surface area (Å²) in [6, 6.07) is 18.7. The molecule has 0 bridgehead atoms. The van der Waals surface area contributed by atoms with Gasteiger partial charge in [-0.1, -0.05) is 60.5 Å². The standard InChI is InChI=1S/C29H30N2O/c1-19-5-10-24(11-6-19)25-14-26(28-12-7-20(2)13-21(28)3)16-27(15-25)29(32)31-18-23-9-8-22(4)30-17-23/h5-12,14-17,21H,13,18H2,1-4H3,(H,31,32). The van der Waals surface area contributed by atoms with E-state index >= 15 is 0 Å². The van der Waals surface area contributed by atoms with E-state index in [-0.39, 0.29) is 5.91 Å². The van der Waals surface area contributed by atoms with Crippen molar-refractivity contribution < 1.29 is 4.79 Å². The third-order valence-corrected chi connectivity index (χ3v) is 6.05. The van der Waals surface area contributed by atoms with Crippen LogP contribution in [0.3, 0.4) is 0 Å². The van der Waals surface area contributed by atoms with Gasteiger partial charge in [-0.2, -0.15) is 0 Å². The predicted molar refractivity (Wildman–Crippen MR) is 132 cm³/mol. The number of nitrogens with one attached hydrogen (secondary N) is 1. The third kappa shape index (κ3) is 5.05. The Balaban J connectivity index is 1.68. The molecule has 0 radical (unpaired) electrons. The highest BCUT2D eigenvalue weighted by molar-refractivity contribution is 5.97. The van der Waals surface area contributed by atoms with Crippen molar-refractivity contribution >= 4 is 11.5 Å². The summed E-state index contributed by atoms with van der Waals surface area (Å²) in [6.45, 7) is 8.92. The fourth-order valence-corrected chi connectivity index (χ4v) is 4.16. The Morgan fingerprint density at radius 3 is 2.38 bits per heavy atom. The largest absolute Gasteiger partial charge is 0.348 e. The van der Waals surface area contributed by atoms with Crippen LogP contribution in [0, 0.1) is 19.8 Å². The highest BCUT2D eigenvalue weighted by Gasteiger charge is 2.18. The summed E-state index contributed by atoms with van der Waals surface area (Å²) in [5.41, 5.74) is 9.81. The fourth-order valence-electron chi connectivity index (χ4n) is 4.16. The fraction of sp³-hybridized carbons (Fsp3) is 0.241. The van der Waals surface area contributed by atoms with Gasteiger partial charge in [-0.15, -0.1) is 0 Å². The van der Waals surface area contributed by atoms with Crippen LogP contribution in [-0.4, -0.2) is 10.9 Å². The Kier molecular flexibility index (Phi) is 6.36. The number of aromatic nitrogens is 1. The van der Waals surface area contributed by atoms with Gasteiger partial charge >= 0.3 is 0 Å². The van der Waals surface area contributed by atoms with E-state index in [0.717, 1.165) is 34.4 Å². The highest BCUT2D eigenvalue weighted by Crippen LogP contribution is 2.35. The summed E-state index contributed by atoms with van der Waals surface area (Å²) in [6.07, 6.45) is 7.25. The molecule has 0 spiro atoms. The lowest BCUT2D eigenvalue weighted by Crippen LogP contribution is -2.23. The molecule has 162 valence electrons. The molecule has 0 aliphatic heterocycles. The lowest BCUT2D eigenvalue weighted by atomic mass is 9.83. The molecule has 32 heavy (non-hydrogen) atoms. The minimum absolute atomic E-state index is 0.0726. The normalized spacial score (nSPS) is 15.7. The number of pyridine rings is 1. The van der Waals surface area contributed by atoms with E-state index in [2.05, 4.69) is 73.6 Å². The van der Waals surface area contributed by atoms with Crippen molar-refractivity contribution in [3.63, 3.8) is 0 Å². The van der Waals surface area contributed by atoms with Gasteiger partial charge in [0.15, 0.2) is 0 Å². The van der Waals surface area contributed by atoms with E-state index in [9.17, 15) is 4.79 Å². The maximum atomic E-state index is 13.1. The van der Waals surface area contributed by atoms with E-state index in [1.165, 1.54) is 16.7 Å². The maximum absolute atomic E-state index is 13.1. The zero-order valence-electron chi connectivity index (χ0n) is 19.3. The van der Waals surface area contributed by atoms with Gasteiger partial charge in [-0.25, -0.2) is 0 Å². The number of hydrogen-bond donors (Lipinski definition) is 1. The van der Waals surface area contributed by atoms with Crippen LogP contribution >= 0.6 is 0 Å². The zero-order valence-corrected chi connectivity index (χ0v) is 19.3. The van der Waals surface area contributed by atoms with Crippen LogP contribution in [0.5, 0.6) is 0 Å². The Bertz CT molecular complexity index is 1180. The molecule has 1 aromatic heterocycles. The second-order valence-electron chi connectivity index (χ2n) is 8.90. The van der Waals surface area contributed by atoms with Crippen molar-refractivity contribution in [1.82, 2.24) is 10.3 Å². The van der Waals surface area contributed by atoms with Gasteiger partial charge < -0.3 is 5.32 Å². The molecule has 3 nitrogen and oxygen atoms in total. The van der Waals surface area contributed by atoms with Crippen LogP contribution in [0.1, 0.15) is 53.0 Å². The quantitative estimate of drug-likeness (QED) is 0.499. The molecule has 3 aromatic rings. The Hall–Kier alpha value is -3.46. The minimum Gasteiger partial charge on any atom is -0.348 e. The van der Waals surface area contributed by atoms with Gasteiger partial charge in [-0.05, 0) is 85.2 Å². The number of carbonyl (C=O) groups excluding carboxylic acids is 1. The highest BCUT2D eigenvalue weighted by atomic mass is 16.1. The number of carbonyl (C=O) groups is 1. The van der Waals surface area contributed by atoms with Gasteiger partial charge in [0.05, 0.1) is 0 Å². The number of aryl methyl sites for hydroxylation is 2. The summed E-state index contributed by atoms with van der Waals surface area (Å²) in [7, 11) is 0. The maximum Gasteiger partial charge on any atom is 0.251 e. The molecule has 0 saturated heterocycles. The first kappa shape index (κ1) is 21.8. The third-order valence-electron chi connectivity index (χ3n) is 6.05. The van der Waals surface area contributed by atoms with Crippen LogP contribution in [0.4, 0.5) is 0 Å². The summed E-state index contributed by atoms with van der Waals surface area (Å²) >= 11 is 0. The SMILES string of the molecule is CC1=CC=C(c2cc(C(=O)NCc3ccc(C)nc3)cc(-c3ccc(C)cc3)c2)C(C)C1. The van der Waals surface area contributed by atoms with Crippen LogP contribution in [0.25, 0.3) is 16.7 Å². The van der Waals surface area contributed by atoms with Crippen molar-refractivity contribution in [2.24, 2.45) is 5.92 Å². The van der Waals surface area contributed by atoms with E-state index < -0.39 is 0 Å². The Morgan fingerprint density at radius 1 is 0.938 bits per heavy atom.